The molecule has 0 fully saturated rings. The van der Waals surface area contributed by atoms with E-state index in [2.05, 4.69) is 64.2 Å². The molecule has 0 spiro atoms. The number of para-hydroxylation sites is 1. The molecule has 3 aromatic heterocycles. The highest BCUT2D eigenvalue weighted by Crippen LogP contribution is 2.36. The number of nitrogens with zero attached hydrogens (tertiary/aromatic N) is 6. The average Bonchev–Trinajstić information content (AvgIpc) is 3.63. The molecule has 3 heterocycles. The average molecular weight is 637 g/mol. The van der Waals surface area contributed by atoms with Gasteiger partial charge in [-0.05, 0) is 56.9 Å². The Labute approximate surface area is 270 Å². The van der Waals surface area contributed by atoms with Gasteiger partial charge in [0.25, 0.3) is 0 Å². The van der Waals surface area contributed by atoms with Crippen molar-refractivity contribution in [3.8, 4) is 11.3 Å². The number of rotatable bonds is 12. The summed E-state index contributed by atoms with van der Waals surface area (Å²) in [4.78, 5) is 14.3. The van der Waals surface area contributed by atoms with E-state index in [1.165, 1.54) is 3.97 Å². The molecular formula is C35H40N8O2S. The Kier molecular flexibility index (Phi) is 8.70. The third kappa shape index (κ3) is 6.16. The molecule has 238 valence electrons. The summed E-state index contributed by atoms with van der Waals surface area (Å²) in [6, 6.07) is 25.2. The molecule has 11 heteroatoms. The molecule has 0 bridgehead atoms. The molecule has 6 aromatic rings. The van der Waals surface area contributed by atoms with Crippen LogP contribution in [0, 0.1) is 0 Å². The second-order valence-electron chi connectivity index (χ2n) is 11.6. The molecule has 0 amide bonds. The van der Waals surface area contributed by atoms with Crippen LogP contribution >= 0.6 is 0 Å². The molecule has 0 radical (unpaired) electrons. The summed E-state index contributed by atoms with van der Waals surface area (Å²) in [5.41, 5.74) is 6.49. The molecule has 0 saturated heterocycles. The van der Waals surface area contributed by atoms with E-state index in [0.29, 0.717) is 28.2 Å². The summed E-state index contributed by atoms with van der Waals surface area (Å²) in [5, 5.41) is 8.40. The fraction of sp³-hybridized carbons (Fsp3) is 0.257. The predicted molar refractivity (Wildman–Crippen MR) is 190 cm³/mol. The molecule has 6 rings (SSSR count). The molecular weight excluding hydrogens is 597 g/mol. The maximum Gasteiger partial charge on any atom is 0.244 e. The van der Waals surface area contributed by atoms with E-state index >= 15 is 0 Å². The maximum absolute atomic E-state index is 13.8. The summed E-state index contributed by atoms with van der Waals surface area (Å²) >= 11 is 0. The number of hydrogen-bond acceptors (Lipinski definition) is 8. The van der Waals surface area contributed by atoms with Crippen LogP contribution in [0.4, 0.5) is 23.0 Å². The van der Waals surface area contributed by atoms with Gasteiger partial charge in [-0.2, -0.15) is 4.98 Å². The van der Waals surface area contributed by atoms with Crippen LogP contribution in [0.2, 0.25) is 0 Å². The van der Waals surface area contributed by atoms with Gasteiger partial charge >= 0.3 is 0 Å². The first-order valence-electron chi connectivity index (χ1n) is 15.4. The number of hydrogen-bond donors (Lipinski definition) is 2. The van der Waals surface area contributed by atoms with Gasteiger partial charge in [-0.3, -0.25) is 0 Å². The van der Waals surface area contributed by atoms with Gasteiger partial charge in [0.2, 0.25) is 16.0 Å². The van der Waals surface area contributed by atoms with Crippen molar-refractivity contribution in [3.05, 3.63) is 96.8 Å². The first-order valence-corrected chi connectivity index (χ1v) is 17.0. The van der Waals surface area contributed by atoms with E-state index in [0.717, 1.165) is 53.2 Å². The number of aryl methyl sites for hydroxylation is 1. The van der Waals surface area contributed by atoms with E-state index in [-0.39, 0.29) is 5.75 Å². The van der Waals surface area contributed by atoms with Crippen LogP contribution in [-0.4, -0.2) is 72.6 Å². The lowest BCUT2D eigenvalue weighted by Gasteiger charge is -2.27. The Morgan fingerprint density at radius 3 is 2.39 bits per heavy atom. The SMILES string of the molecule is CCN(CCN(C)C)c1ccc(Nc2nc(-c3cn(C)c4ccccc34)c3ccn(S(=O)(=O)Cc4ccccc4)c3n2)cc1NC. The third-order valence-corrected chi connectivity index (χ3v) is 9.81. The van der Waals surface area contributed by atoms with E-state index in [1.54, 1.807) is 12.3 Å². The van der Waals surface area contributed by atoms with Crippen molar-refractivity contribution in [1.29, 1.82) is 0 Å². The topological polar surface area (TPSA) is 100 Å². The Hall–Kier alpha value is -4.87. The molecule has 0 unspecified atom stereocenters. The number of nitrogens with one attached hydrogen (secondary N) is 2. The van der Waals surface area contributed by atoms with Crippen molar-refractivity contribution in [2.24, 2.45) is 7.05 Å². The Bertz CT molecular complexity index is 2100. The van der Waals surface area contributed by atoms with Crippen LogP contribution in [0.1, 0.15) is 12.5 Å². The largest absolute Gasteiger partial charge is 0.386 e. The number of anilines is 4. The van der Waals surface area contributed by atoms with Gasteiger partial charge in [-0.1, -0.05) is 48.5 Å². The van der Waals surface area contributed by atoms with Gasteiger partial charge in [0, 0.05) is 73.7 Å². The molecule has 3 aromatic carbocycles. The zero-order chi connectivity index (χ0) is 32.4. The summed E-state index contributed by atoms with van der Waals surface area (Å²) in [5.74, 6) is 0.156. The highest BCUT2D eigenvalue weighted by atomic mass is 32.2. The quantitative estimate of drug-likeness (QED) is 0.165. The van der Waals surface area contributed by atoms with Crippen molar-refractivity contribution in [2.45, 2.75) is 12.7 Å². The van der Waals surface area contributed by atoms with Crippen LogP contribution in [0.15, 0.2) is 91.3 Å². The third-order valence-electron chi connectivity index (χ3n) is 8.22. The normalized spacial score (nSPS) is 11.9. The lowest BCUT2D eigenvalue weighted by Crippen LogP contribution is -2.32. The monoisotopic (exact) mass is 636 g/mol. The summed E-state index contributed by atoms with van der Waals surface area (Å²) in [6.45, 7) is 4.86. The second kappa shape index (κ2) is 12.9. The van der Waals surface area contributed by atoms with E-state index in [4.69, 9.17) is 9.97 Å². The highest BCUT2D eigenvalue weighted by Gasteiger charge is 2.23. The van der Waals surface area contributed by atoms with Crippen LogP contribution in [0.3, 0.4) is 0 Å². The standard InChI is InChI=1S/C35H40N8O2S/c1-6-42(21-20-40(3)4)32-17-16-26(22-30(32)36-2)37-35-38-33(29-23-41(5)31-15-11-10-14-27(29)31)28-18-19-43(34(28)39-35)46(44,45)24-25-12-8-7-9-13-25/h7-19,22-23,36H,6,20-21,24H2,1-5H3,(H,37,38,39). The number of fused-ring (bicyclic) bond motifs is 2. The van der Waals surface area contributed by atoms with E-state index in [1.807, 2.05) is 74.9 Å². The van der Waals surface area contributed by atoms with Crippen LogP contribution in [0.25, 0.3) is 33.2 Å². The maximum atomic E-state index is 13.8. The Morgan fingerprint density at radius 1 is 0.891 bits per heavy atom. The van der Waals surface area contributed by atoms with Crippen molar-refractivity contribution in [1.82, 2.24) is 23.4 Å². The summed E-state index contributed by atoms with van der Waals surface area (Å²) < 4.78 is 30.9. The molecule has 0 atom stereocenters. The minimum Gasteiger partial charge on any atom is -0.386 e. The zero-order valence-corrected chi connectivity index (χ0v) is 27.7. The molecule has 10 nitrogen and oxygen atoms in total. The smallest absolute Gasteiger partial charge is 0.244 e. The van der Waals surface area contributed by atoms with Gasteiger partial charge in [0.1, 0.15) is 0 Å². The van der Waals surface area contributed by atoms with Crippen molar-refractivity contribution in [3.63, 3.8) is 0 Å². The number of benzene rings is 3. The molecule has 0 aliphatic rings. The lowest BCUT2D eigenvalue weighted by molar-refractivity contribution is 0.414. The minimum atomic E-state index is -3.79. The van der Waals surface area contributed by atoms with Gasteiger partial charge in [0.05, 0.1) is 22.8 Å². The number of likely N-dealkylation sites (N-methyl/N-ethyl adjacent to an activating group) is 2. The van der Waals surface area contributed by atoms with Gasteiger partial charge in [-0.25, -0.2) is 17.4 Å². The first-order chi connectivity index (χ1) is 22.2. The summed E-state index contributed by atoms with van der Waals surface area (Å²) in [6.07, 6.45) is 3.62. The van der Waals surface area contributed by atoms with E-state index < -0.39 is 10.0 Å². The Balaban J connectivity index is 1.46. The summed E-state index contributed by atoms with van der Waals surface area (Å²) in [7, 11) is 4.27. The highest BCUT2D eigenvalue weighted by molar-refractivity contribution is 7.89. The van der Waals surface area contributed by atoms with Crippen LogP contribution < -0.4 is 15.5 Å². The molecule has 0 aliphatic heterocycles. The zero-order valence-electron chi connectivity index (χ0n) is 26.9. The molecule has 46 heavy (non-hydrogen) atoms. The van der Waals surface area contributed by atoms with Crippen LogP contribution in [-0.2, 0) is 22.8 Å². The number of aromatic nitrogens is 4. The fourth-order valence-electron chi connectivity index (χ4n) is 5.85. The van der Waals surface area contributed by atoms with Crippen molar-refractivity contribution < 1.29 is 8.42 Å². The molecule has 0 saturated carbocycles. The van der Waals surface area contributed by atoms with Gasteiger partial charge < -0.3 is 25.0 Å². The van der Waals surface area contributed by atoms with Gasteiger partial charge in [0.15, 0.2) is 5.65 Å². The van der Waals surface area contributed by atoms with Crippen molar-refractivity contribution >= 4 is 55.0 Å². The molecule has 2 N–H and O–H groups in total. The fourth-order valence-corrected chi connectivity index (χ4v) is 7.25. The first kappa shape index (κ1) is 31.1. The van der Waals surface area contributed by atoms with E-state index in [9.17, 15) is 8.42 Å². The van der Waals surface area contributed by atoms with Crippen LogP contribution in [0.5, 0.6) is 0 Å². The predicted octanol–water partition coefficient (Wildman–Crippen LogP) is 6.14. The lowest BCUT2D eigenvalue weighted by atomic mass is 10.1. The second-order valence-corrected chi connectivity index (χ2v) is 13.5. The van der Waals surface area contributed by atoms with Gasteiger partial charge in [-0.15, -0.1) is 0 Å². The Morgan fingerprint density at radius 2 is 1.65 bits per heavy atom. The minimum absolute atomic E-state index is 0.150. The molecule has 0 aliphatic carbocycles. The van der Waals surface area contributed by atoms with Crippen molar-refractivity contribution in [2.75, 3.05) is 56.3 Å².